The molecule has 1 heterocycles. The normalized spacial score (nSPS) is 15.0. The summed E-state index contributed by atoms with van der Waals surface area (Å²) in [5.74, 6) is -0.441. The lowest BCUT2D eigenvalue weighted by atomic mass is 10.0. The molecule has 7 heteroatoms. The Labute approximate surface area is 198 Å². The van der Waals surface area contributed by atoms with Crippen molar-refractivity contribution < 1.29 is 14.3 Å². The predicted molar refractivity (Wildman–Crippen MR) is 133 cm³/mol. The van der Waals surface area contributed by atoms with Crippen molar-refractivity contribution in [2.75, 3.05) is 18.5 Å². The fraction of sp³-hybridized carbons (Fsp3) is 0.192. The smallest absolute Gasteiger partial charge is 0.257 e. The molecule has 4 rings (SSSR count). The molecular formula is C26H25N3O3S. The first-order valence-electron chi connectivity index (χ1n) is 10.9. The van der Waals surface area contributed by atoms with Crippen molar-refractivity contribution in [3.63, 3.8) is 0 Å². The number of hydrogen-bond acceptors (Lipinski definition) is 4. The maximum Gasteiger partial charge on any atom is 0.257 e. The van der Waals surface area contributed by atoms with Crippen molar-refractivity contribution in [2.45, 2.75) is 18.9 Å². The molecule has 0 aliphatic carbocycles. The summed E-state index contributed by atoms with van der Waals surface area (Å²) in [5.41, 5.74) is 3.86. The Morgan fingerprint density at radius 2 is 1.48 bits per heavy atom. The van der Waals surface area contributed by atoms with Crippen LogP contribution in [0.3, 0.4) is 0 Å². The molecular weight excluding hydrogens is 434 g/mol. The highest BCUT2D eigenvalue weighted by Crippen LogP contribution is 2.19. The lowest BCUT2D eigenvalue weighted by Gasteiger charge is -2.12. The third-order valence-corrected chi connectivity index (χ3v) is 5.60. The van der Waals surface area contributed by atoms with E-state index in [-0.39, 0.29) is 23.0 Å². The minimum atomic E-state index is -0.294. The summed E-state index contributed by atoms with van der Waals surface area (Å²) in [4.78, 5) is 24.8. The van der Waals surface area contributed by atoms with Crippen LogP contribution in [0.2, 0.25) is 0 Å². The third-order valence-electron chi connectivity index (χ3n) is 5.40. The summed E-state index contributed by atoms with van der Waals surface area (Å²) in [5, 5.41) is 8.73. The van der Waals surface area contributed by atoms with Gasteiger partial charge >= 0.3 is 0 Å². The molecule has 1 saturated heterocycles. The highest BCUT2D eigenvalue weighted by atomic mass is 32.1. The standard InChI is InChI=1S/C26H25N3O3S/c30-24(27-17-23-7-4-16-32-23)20-12-14-22(15-13-20)28-26(33)29-25(31)21-10-8-19(9-11-21)18-5-2-1-3-6-18/h1-3,5-6,8-15,23H,4,7,16-17H2,(H,27,30)(H2,28,29,31,33). The Hall–Kier alpha value is -3.55. The van der Waals surface area contributed by atoms with E-state index in [1.54, 1.807) is 36.4 Å². The first-order chi connectivity index (χ1) is 16.1. The van der Waals surface area contributed by atoms with Gasteiger partial charge in [-0.05, 0) is 72.6 Å². The van der Waals surface area contributed by atoms with Gasteiger partial charge < -0.3 is 15.4 Å². The molecule has 33 heavy (non-hydrogen) atoms. The number of ether oxygens (including phenoxy) is 1. The molecule has 6 nitrogen and oxygen atoms in total. The van der Waals surface area contributed by atoms with Crippen LogP contribution in [0.1, 0.15) is 33.6 Å². The number of amides is 2. The van der Waals surface area contributed by atoms with Gasteiger partial charge in [0.1, 0.15) is 0 Å². The molecule has 3 aromatic carbocycles. The van der Waals surface area contributed by atoms with Crippen molar-refractivity contribution >= 4 is 34.8 Å². The van der Waals surface area contributed by atoms with E-state index in [2.05, 4.69) is 16.0 Å². The van der Waals surface area contributed by atoms with E-state index in [4.69, 9.17) is 17.0 Å². The lowest BCUT2D eigenvalue weighted by Crippen LogP contribution is -2.34. The van der Waals surface area contributed by atoms with E-state index in [0.29, 0.717) is 23.4 Å². The molecule has 0 spiro atoms. The van der Waals surface area contributed by atoms with Gasteiger partial charge in [-0.1, -0.05) is 42.5 Å². The molecule has 1 atom stereocenters. The first kappa shape index (κ1) is 22.6. The summed E-state index contributed by atoms with van der Waals surface area (Å²) in [6.45, 7) is 1.28. The maximum atomic E-state index is 12.5. The number of thiocarbonyl (C=S) groups is 1. The lowest BCUT2D eigenvalue weighted by molar-refractivity contribution is 0.0857. The molecule has 0 saturated carbocycles. The van der Waals surface area contributed by atoms with E-state index in [1.807, 2.05) is 42.5 Å². The van der Waals surface area contributed by atoms with Crippen LogP contribution in [0.5, 0.6) is 0 Å². The summed E-state index contributed by atoms with van der Waals surface area (Å²) < 4.78 is 5.52. The van der Waals surface area contributed by atoms with Gasteiger partial charge in [0.05, 0.1) is 6.10 Å². The second-order valence-corrected chi connectivity index (χ2v) is 8.18. The van der Waals surface area contributed by atoms with Crippen LogP contribution in [0, 0.1) is 0 Å². The number of carbonyl (C=O) groups excluding carboxylic acids is 2. The highest BCUT2D eigenvalue weighted by Gasteiger charge is 2.16. The summed E-state index contributed by atoms with van der Waals surface area (Å²) >= 11 is 5.27. The van der Waals surface area contributed by atoms with Crippen molar-refractivity contribution in [1.29, 1.82) is 0 Å². The van der Waals surface area contributed by atoms with Gasteiger partial charge in [-0.2, -0.15) is 0 Å². The number of carbonyl (C=O) groups is 2. The Bertz CT molecular complexity index is 1110. The van der Waals surface area contributed by atoms with Gasteiger partial charge in [-0.3, -0.25) is 14.9 Å². The minimum absolute atomic E-state index is 0.102. The monoisotopic (exact) mass is 459 g/mol. The average Bonchev–Trinajstić information content (AvgIpc) is 3.37. The number of nitrogens with one attached hydrogen (secondary N) is 3. The van der Waals surface area contributed by atoms with Gasteiger partial charge in [-0.15, -0.1) is 0 Å². The van der Waals surface area contributed by atoms with E-state index >= 15 is 0 Å². The fourth-order valence-corrected chi connectivity index (χ4v) is 3.81. The maximum absolute atomic E-state index is 12.5. The molecule has 1 fully saturated rings. The van der Waals surface area contributed by atoms with Crippen molar-refractivity contribution in [2.24, 2.45) is 0 Å². The molecule has 2 amide bonds. The zero-order chi connectivity index (χ0) is 23.0. The predicted octanol–water partition coefficient (Wildman–Crippen LogP) is 4.39. The molecule has 1 aliphatic heterocycles. The van der Waals surface area contributed by atoms with Crippen LogP contribution in [-0.4, -0.2) is 36.2 Å². The summed E-state index contributed by atoms with van der Waals surface area (Å²) in [6.07, 6.45) is 2.12. The molecule has 168 valence electrons. The second kappa shape index (κ2) is 10.8. The third kappa shape index (κ3) is 6.25. The van der Waals surface area contributed by atoms with Gasteiger partial charge in [0.15, 0.2) is 5.11 Å². The minimum Gasteiger partial charge on any atom is -0.376 e. The topological polar surface area (TPSA) is 79.5 Å². The highest BCUT2D eigenvalue weighted by molar-refractivity contribution is 7.80. The van der Waals surface area contributed by atoms with Gasteiger partial charge in [-0.25, -0.2) is 0 Å². The van der Waals surface area contributed by atoms with Gasteiger partial charge in [0.2, 0.25) is 0 Å². The molecule has 3 N–H and O–H groups in total. The molecule has 1 aliphatic rings. The van der Waals surface area contributed by atoms with E-state index in [9.17, 15) is 9.59 Å². The quantitative estimate of drug-likeness (QED) is 0.477. The average molecular weight is 460 g/mol. The van der Waals surface area contributed by atoms with Crippen molar-refractivity contribution in [3.8, 4) is 11.1 Å². The van der Waals surface area contributed by atoms with Crippen LogP contribution >= 0.6 is 12.2 Å². The number of anilines is 1. The van der Waals surface area contributed by atoms with Crippen LogP contribution in [0.25, 0.3) is 11.1 Å². The molecule has 1 unspecified atom stereocenters. The summed E-state index contributed by atoms with van der Waals surface area (Å²) in [6, 6.07) is 24.2. The first-order valence-corrected chi connectivity index (χ1v) is 11.3. The number of hydrogen-bond donors (Lipinski definition) is 3. The van der Waals surface area contributed by atoms with E-state index in [0.717, 1.165) is 30.6 Å². The second-order valence-electron chi connectivity index (χ2n) is 7.77. The molecule has 0 bridgehead atoms. The van der Waals surface area contributed by atoms with Crippen molar-refractivity contribution in [3.05, 3.63) is 90.0 Å². The zero-order valence-electron chi connectivity index (χ0n) is 18.0. The SMILES string of the molecule is O=C(NCC1CCCO1)c1ccc(NC(=S)NC(=O)c2ccc(-c3ccccc3)cc2)cc1. The number of benzene rings is 3. The van der Waals surface area contributed by atoms with E-state index in [1.165, 1.54) is 0 Å². The Morgan fingerprint density at radius 1 is 0.848 bits per heavy atom. The Morgan fingerprint density at radius 3 is 2.15 bits per heavy atom. The van der Waals surface area contributed by atoms with Crippen molar-refractivity contribution in [1.82, 2.24) is 10.6 Å². The van der Waals surface area contributed by atoms with E-state index < -0.39 is 0 Å². The number of rotatable bonds is 6. The fourth-order valence-electron chi connectivity index (χ4n) is 3.60. The van der Waals surface area contributed by atoms with Crippen LogP contribution in [0.15, 0.2) is 78.9 Å². The largest absolute Gasteiger partial charge is 0.376 e. The van der Waals surface area contributed by atoms with Crippen LogP contribution in [-0.2, 0) is 4.74 Å². The van der Waals surface area contributed by atoms with Gasteiger partial charge in [0, 0.05) is 30.0 Å². The Balaban J connectivity index is 1.27. The van der Waals surface area contributed by atoms with Crippen LogP contribution < -0.4 is 16.0 Å². The summed E-state index contributed by atoms with van der Waals surface area (Å²) in [7, 11) is 0. The Kier molecular flexibility index (Phi) is 7.44. The van der Waals surface area contributed by atoms with Gasteiger partial charge in [0.25, 0.3) is 11.8 Å². The molecule has 0 radical (unpaired) electrons. The zero-order valence-corrected chi connectivity index (χ0v) is 18.9. The molecule has 3 aromatic rings. The van der Waals surface area contributed by atoms with Crippen LogP contribution in [0.4, 0.5) is 5.69 Å². The molecule has 0 aromatic heterocycles.